The Labute approximate surface area is 138 Å². The molecule has 0 saturated heterocycles. The molecule has 1 heterocycles. The minimum Gasteiger partial charge on any atom is -0.380 e. The Morgan fingerprint density at radius 1 is 1.12 bits per heavy atom. The van der Waals surface area contributed by atoms with Crippen molar-refractivity contribution in [2.45, 2.75) is 37.3 Å². The third kappa shape index (κ3) is 3.59. The molecule has 1 aliphatic carbocycles. The molecule has 1 unspecified atom stereocenters. The van der Waals surface area contributed by atoms with Gasteiger partial charge in [-0.25, -0.2) is 8.78 Å². The zero-order valence-corrected chi connectivity index (χ0v) is 13.0. The van der Waals surface area contributed by atoms with Gasteiger partial charge in [-0.2, -0.15) is 0 Å². The molecule has 1 atom stereocenters. The predicted molar refractivity (Wildman–Crippen MR) is 85.3 cm³/mol. The van der Waals surface area contributed by atoms with E-state index in [4.69, 9.17) is 0 Å². The van der Waals surface area contributed by atoms with Crippen molar-refractivity contribution in [3.05, 3.63) is 54.4 Å². The van der Waals surface area contributed by atoms with Crippen LogP contribution in [0.5, 0.6) is 0 Å². The summed E-state index contributed by atoms with van der Waals surface area (Å²) < 4.78 is 26.4. The lowest BCUT2D eigenvalue weighted by Gasteiger charge is -2.21. The van der Waals surface area contributed by atoms with Crippen LogP contribution in [0.4, 0.5) is 8.78 Å². The highest BCUT2D eigenvalue weighted by atomic mass is 19.3. The number of hydrogen-bond donors (Lipinski definition) is 2. The van der Waals surface area contributed by atoms with E-state index in [2.05, 4.69) is 10.3 Å². The highest BCUT2D eigenvalue weighted by Gasteiger charge is 2.52. The predicted octanol–water partition coefficient (Wildman–Crippen LogP) is 2.92. The van der Waals surface area contributed by atoms with Crippen LogP contribution in [0.2, 0.25) is 0 Å². The maximum atomic E-state index is 13.2. The van der Waals surface area contributed by atoms with Crippen molar-refractivity contribution < 1.29 is 18.7 Å². The van der Waals surface area contributed by atoms with E-state index < -0.39 is 30.3 Å². The van der Waals surface area contributed by atoms with Crippen molar-refractivity contribution in [3.8, 4) is 11.1 Å². The van der Waals surface area contributed by atoms with Crippen LogP contribution in [0.3, 0.4) is 0 Å². The first-order chi connectivity index (χ1) is 11.4. The second-order valence-electron chi connectivity index (χ2n) is 6.15. The number of carbonyl (C=O) groups excluding carboxylic acids is 1. The maximum Gasteiger partial charge on any atom is 0.252 e. The van der Waals surface area contributed by atoms with Crippen LogP contribution in [0, 0.1) is 0 Å². The summed E-state index contributed by atoms with van der Waals surface area (Å²) in [4.78, 5) is 16.3. The second kappa shape index (κ2) is 6.28. The van der Waals surface area contributed by atoms with E-state index in [1.807, 2.05) is 36.4 Å². The minimum atomic E-state index is -2.98. The number of hydrogen-bond acceptors (Lipinski definition) is 3. The molecule has 0 spiro atoms. The van der Waals surface area contributed by atoms with Crippen molar-refractivity contribution >= 4 is 5.91 Å². The Morgan fingerprint density at radius 3 is 2.46 bits per heavy atom. The summed E-state index contributed by atoms with van der Waals surface area (Å²) in [5.74, 6) is -3.75. The normalized spacial score (nSPS) is 22.3. The summed E-state index contributed by atoms with van der Waals surface area (Å²) in [6.45, 7) is 0.0851. The smallest absolute Gasteiger partial charge is 0.252 e. The molecule has 0 aliphatic heterocycles. The van der Waals surface area contributed by atoms with E-state index in [1.54, 1.807) is 12.3 Å². The summed E-state index contributed by atoms with van der Waals surface area (Å²) in [7, 11) is 0. The van der Waals surface area contributed by atoms with E-state index in [0.29, 0.717) is 5.69 Å². The van der Waals surface area contributed by atoms with Gasteiger partial charge < -0.3 is 10.4 Å². The largest absolute Gasteiger partial charge is 0.380 e. The van der Waals surface area contributed by atoms with Gasteiger partial charge in [-0.15, -0.1) is 0 Å². The standard InChI is InChI=1S/C18H18F2N2O2/c19-18(20)9-8-17(24,12-18)16(23)22-11-15-7-6-14(10-21-15)13-4-2-1-3-5-13/h1-7,10,24H,8-9,11-12H2,(H,22,23). The van der Waals surface area contributed by atoms with Crippen molar-refractivity contribution in [2.75, 3.05) is 0 Å². The molecule has 4 nitrogen and oxygen atoms in total. The number of nitrogens with one attached hydrogen (secondary N) is 1. The van der Waals surface area contributed by atoms with E-state index in [1.165, 1.54) is 0 Å². The van der Waals surface area contributed by atoms with Gasteiger partial charge in [-0.3, -0.25) is 9.78 Å². The molecule has 1 aromatic heterocycles. The summed E-state index contributed by atoms with van der Waals surface area (Å²) in [5.41, 5.74) is 0.576. The average molecular weight is 332 g/mol. The van der Waals surface area contributed by atoms with Gasteiger partial charge in [0.15, 0.2) is 0 Å². The SMILES string of the molecule is O=C(NCc1ccc(-c2ccccc2)cn1)C1(O)CCC(F)(F)C1. The van der Waals surface area contributed by atoms with Gasteiger partial charge in [-0.05, 0) is 18.1 Å². The number of alkyl halides is 2. The third-order valence-corrected chi connectivity index (χ3v) is 4.24. The number of carbonyl (C=O) groups is 1. The minimum absolute atomic E-state index is 0.0851. The lowest BCUT2D eigenvalue weighted by atomic mass is 10.0. The molecule has 6 heteroatoms. The number of benzene rings is 1. The fourth-order valence-corrected chi connectivity index (χ4v) is 2.85. The first-order valence-corrected chi connectivity index (χ1v) is 7.77. The number of aromatic nitrogens is 1. The van der Waals surface area contributed by atoms with Gasteiger partial charge in [-0.1, -0.05) is 36.4 Å². The number of halogens is 2. The molecule has 3 rings (SSSR count). The summed E-state index contributed by atoms with van der Waals surface area (Å²) in [6.07, 6.45) is 0.161. The number of pyridine rings is 1. The monoisotopic (exact) mass is 332 g/mol. The average Bonchev–Trinajstić information content (AvgIpc) is 2.88. The summed E-state index contributed by atoms with van der Waals surface area (Å²) >= 11 is 0. The zero-order chi connectivity index (χ0) is 17.2. The van der Waals surface area contributed by atoms with Gasteiger partial charge in [0.2, 0.25) is 0 Å². The quantitative estimate of drug-likeness (QED) is 0.905. The van der Waals surface area contributed by atoms with Crippen LogP contribution in [0.1, 0.15) is 25.0 Å². The Kier molecular flexibility index (Phi) is 4.32. The molecular weight excluding hydrogens is 314 g/mol. The molecular formula is C18H18F2N2O2. The molecule has 1 aliphatic rings. The lowest BCUT2D eigenvalue weighted by Crippen LogP contribution is -2.45. The molecule has 126 valence electrons. The summed E-state index contributed by atoms with van der Waals surface area (Å²) in [6, 6.07) is 13.4. The van der Waals surface area contributed by atoms with E-state index in [9.17, 15) is 18.7 Å². The van der Waals surface area contributed by atoms with Gasteiger partial charge in [0.05, 0.1) is 12.2 Å². The second-order valence-corrected chi connectivity index (χ2v) is 6.15. The van der Waals surface area contributed by atoms with Crippen LogP contribution in [0.25, 0.3) is 11.1 Å². The Bertz CT molecular complexity index is 720. The Balaban J connectivity index is 1.60. The van der Waals surface area contributed by atoms with Gasteiger partial charge >= 0.3 is 0 Å². The Morgan fingerprint density at radius 2 is 1.88 bits per heavy atom. The van der Waals surface area contributed by atoms with E-state index in [-0.39, 0.29) is 13.0 Å². The number of aliphatic hydroxyl groups is 1. The van der Waals surface area contributed by atoms with E-state index >= 15 is 0 Å². The van der Waals surface area contributed by atoms with Crippen molar-refractivity contribution in [2.24, 2.45) is 0 Å². The maximum absolute atomic E-state index is 13.2. The van der Waals surface area contributed by atoms with Crippen molar-refractivity contribution in [3.63, 3.8) is 0 Å². The molecule has 1 amide bonds. The topological polar surface area (TPSA) is 62.2 Å². The van der Waals surface area contributed by atoms with Crippen LogP contribution in [0.15, 0.2) is 48.7 Å². The molecule has 2 N–H and O–H groups in total. The molecule has 1 saturated carbocycles. The fraction of sp³-hybridized carbons (Fsp3) is 0.333. The highest BCUT2D eigenvalue weighted by molar-refractivity contribution is 5.85. The van der Waals surface area contributed by atoms with Crippen molar-refractivity contribution in [1.29, 1.82) is 0 Å². The lowest BCUT2D eigenvalue weighted by molar-refractivity contribution is -0.142. The Hall–Kier alpha value is -2.34. The van der Waals surface area contributed by atoms with E-state index in [0.717, 1.165) is 11.1 Å². The zero-order valence-electron chi connectivity index (χ0n) is 13.0. The third-order valence-electron chi connectivity index (χ3n) is 4.24. The highest BCUT2D eigenvalue weighted by Crippen LogP contribution is 2.41. The fourth-order valence-electron chi connectivity index (χ4n) is 2.85. The number of rotatable bonds is 4. The van der Waals surface area contributed by atoms with Crippen LogP contribution < -0.4 is 5.32 Å². The van der Waals surface area contributed by atoms with Gasteiger partial charge in [0, 0.05) is 24.6 Å². The first-order valence-electron chi connectivity index (χ1n) is 7.77. The first kappa shape index (κ1) is 16.5. The van der Waals surface area contributed by atoms with Crippen LogP contribution >= 0.6 is 0 Å². The molecule has 2 aromatic rings. The summed E-state index contributed by atoms with van der Waals surface area (Å²) in [5, 5.41) is 12.5. The molecule has 1 fully saturated rings. The number of amides is 1. The van der Waals surface area contributed by atoms with Crippen LogP contribution in [-0.2, 0) is 11.3 Å². The molecule has 0 bridgehead atoms. The number of nitrogens with zero attached hydrogens (tertiary/aromatic N) is 1. The van der Waals surface area contributed by atoms with Gasteiger partial charge in [0.25, 0.3) is 11.8 Å². The van der Waals surface area contributed by atoms with Crippen LogP contribution in [-0.4, -0.2) is 27.5 Å². The van der Waals surface area contributed by atoms with Gasteiger partial charge in [0.1, 0.15) is 5.60 Å². The molecule has 0 radical (unpaired) electrons. The molecule has 1 aromatic carbocycles. The van der Waals surface area contributed by atoms with Crippen molar-refractivity contribution in [1.82, 2.24) is 10.3 Å². The molecule has 24 heavy (non-hydrogen) atoms.